The highest BCUT2D eigenvalue weighted by atomic mass is 16.2. The molecule has 0 spiro atoms. The summed E-state index contributed by atoms with van der Waals surface area (Å²) in [5, 5.41) is 12.3. The highest BCUT2D eigenvalue weighted by Crippen LogP contribution is 2.25. The maximum absolute atomic E-state index is 12.5. The van der Waals surface area contributed by atoms with Crippen molar-refractivity contribution >= 4 is 22.5 Å². The first-order valence-electron chi connectivity index (χ1n) is 9.27. The second-order valence-electron chi connectivity index (χ2n) is 6.67. The number of nitrogens with one attached hydrogen (secondary N) is 2. The van der Waals surface area contributed by atoms with E-state index in [2.05, 4.69) is 27.9 Å². The van der Waals surface area contributed by atoms with Crippen molar-refractivity contribution in [3.63, 3.8) is 0 Å². The Kier molecular flexibility index (Phi) is 5.07. The van der Waals surface area contributed by atoms with E-state index in [9.17, 15) is 9.59 Å². The van der Waals surface area contributed by atoms with Gasteiger partial charge in [-0.2, -0.15) is 5.10 Å². The van der Waals surface area contributed by atoms with E-state index in [0.29, 0.717) is 17.9 Å². The number of carbonyl (C=O) groups is 1. The number of rotatable bonds is 4. The van der Waals surface area contributed by atoms with Crippen LogP contribution in [0, 0.1) is 0 Å². The van der Waals surface area contributed by atoms with Gasteiger partial charge < -0.3 is 10.6 Å². The summed E-state index contributed by atoms with van der Waals surface area (Å²) in [5.41, 5.74) is 2.83. The SMILES string of the molecule is Cn1nc(-c2ccccc2NC(=O)NCc2cccc3ccccc23)ccc1=O. The molecule has 6 nitrogen and oxygen atoms in total. The molecule has 6 heteroatoms. The number of hydrogen-bond donors (Lipinski definition) is 2. The Morgan fingerprint density at radius 2 is 1.69 bits per heavy atom. The zero-order chi connectivity index (χ0) is 20.2. The second-order valence-corrected chi connectivity index (χ2v) is 6.67. The van der Waals surface area contributed by atoms with Gasteiger partial charge in [0.25, 0.3) is 5.56 Å². The van der Waals surface area contributed by atoms with Gasteiger partial charge >= 0.3 is 6.03 Å². The van der Waals surface area contributed by atoms with Crippen molar-refractivity contribution in [3.8, 4) is 11.3 Å². The summed E-state index contributed by atoms with van der Waals surface area (Å²) >= 11 is 0. The van der Waals surface area contributed by atoms with Crippen LogP contribution in [-0.4, -0.2) is 15.8 Å². The molecule has 2 amide bonds. The van der Waals surface area contributed by atoms with Crippen LogP contribution >= 0.6 is 0 Å². The van der Waals surface area contributed by atoms with Crippen LogP contribution in [0.25, 0.3) is 22.0 Å². The van der Waals surface area contributed by atoms with Gasteiger partial charge in [-0.15, -0.1) is 0 Å². The number of aromatic nitrogens is 2. The summed E-state index contributed by atoms with van der Waals surface area (Å²) in [6, 6.07) is 24.3. The van der Waals surface area contributed by atoms with Crippen LogP contribution in [0.1, 0.15) is 5.56 Å². The van der Waals surface area contributed by atoms with Gasteiger partial charge in [-0.1, -0.05) is 60.7 Å². The number of benzene rings is 3. The van der Waals surface area contributed by atoms with Crippen LogP contribution in [0.5, 0.6) is 0 Å². The van der Waals surface area contributed by atoms with Gasteiger partial charge in [0.05, 0.1) is 11.4 Å². The molecule has 0 aliphatic carbocycles. The molecule has 2 N–H and O–H groups in total. The van der Waals surface area contributed by atoms with Gasteiger partial charge in [-0.05, 0) is 28.5 Å². The Hall–Kier alpha value is -3.93. The summed E-state index contributed by atoms with van der Waals surface area (Å²) in [6.07, 6.45) is 0. The van der Waals surface area contributed by atoms with E-state index < -0.39 is 0 Å². The Morgan fingerprint density at radius 1 is 0.931 bits per heavy atom. The zero-order valence-electron chi connectivity index (χ0n) is 15.9. The van der Waals surface area contributed by atoms with E-state index >= 15 is 0 Å². The van der Waals surface area contributed by atoms with Crippen molar-refractivity contribution < 1.29 is 4.79 Å². The first-order valence-corrected chi connectivity index (χ1v) is 9.27. The highest BCUT2D eigenvalue weighted by molar-refractivity contribution is 5.94. The summed E-state index contributed by atoms with van der Waals surface area (Å²) < 4.78 is 1.27. The Balaban J connectivity index is 1.52. The minimum Gasteiger partial charge on any atom is -0.334 e. The van der Waals surface area contributed by atoms with Gasteiger partial charge in [-0.25, -0.2) is 9.48 Å². The smallest absolute Gasteiger partial charge is 0.319 e. The molecule has 0 atom stereocenters. The number of urea groups is 1. The largest absolute Gasteiger partial charge is 0.334 e. The third kappa shape index (κ3) is 4.01. The Labute approximate surface area is 167 Å². The van der Waals surface area contributed by atoms with E-state index in [1.807, 2.05) is 48.5 Å². The first-order chi connectivity index (χ1) is 14.1. The van der Waals surface area contributed by atoms with E-state index in [0.717, 1.165) is 21.9 Å². The third-order valence-electron chi connectivity index (χ3n) is 4.73. The Bertz CT molecular complexity index is 1240. The van der Waals surface area contributed by atoms with E-state index in [1.54, 1.807) is 19.2 Å². The predicted octanol–water partition coefficient (Wildman–Crippen LogP) is 3.92. The molecule has 3 aromatic carbocycles. The number of carbonyl (C=O) groups excluding carboxylic acids is 1. The van der Waals surface area contributed by atoms with Crippen molar-refractivity contribution in [1.82, 2.24) is 15.1 Å². The summed E-state index contributed by atoms with van der Waals surface area (Å²) in [7, 11) is 1.60. The maximum atomic E-state index is 12.5. The van der Waals surface area contributed by atoms with Crippen molar-refractivity contribution in [3.05, 3.63) is 94.8 Å². The first kappa shape index (κ1) is 18.4. The topological polar surface area (TPSA) is 76.0 Å². The quantitative estimate of drug-likeness (QED) is 0.560. The molecule has 144 valence electrons. The van der Waals surface area contributed by atoms with Crippen molar-refractivity contribution in [1.29, 1.82) is 0 Å². The number of hydrogen-bond acceptors (Lipinski definition) is 3. The number of aryl methyl sites for hydroxylation is 1. The van der Waals surface area contributed by atoms with Crippen LogP contribution in [-0.2, 0) is 13.6 Å². The number of nitrogens with zero attached hydrogens (tertiary/aromatic N) is 2. The standard InChI is InChI=1S/C23H20N4O2/c1-27-22(28)14-13-21(26-27)19-11-4-5-12-20(19)25-23(29)24-15-17-9-6-8-16-7-2-3-10-18(16)17/h2-14H,15H2,1H3,(H2,24,25,29). The average Bonchev–Trinajstić information content (AvgIpc) is 2.74. The van der Waals surface area contributed by atoms with Gasteiger partial charge in [-0.3, -0.25) is 4.79 Å². The highest BCUT2D eigenvalue weighted by Gasteiger charge is 2.10. The number of amides is 2. The van der Waals surface area contributed by atoms with E-state index in [4.69, 9.17) is 0 Å². The molecule has 1 aromatic heterocycles. The molecule has 0 fully saturated rings. The molecule has 4 rings (SSSR count). The summed E-state index contributed by atoms with van der Waals surface area (Å²) in [4.78, 5) is 24.1. The fourth-order valence-corrected chi connectivity index (χ4v) is 3.25. The lowest BCUT2D eigenvalue weighted by molar-refractivity contribution is 0.252. The molecule has 0 aliphatic rings. The monoisotopic (exact) mass is 384 g/mol. The predicted molar refractivity (Wildman–Crippen MR) is 115 cm³/mol. The van der Waals surface area contributed by atoms with Crippen LogP contribution in [0.3, 0.4) is 0 Å². The second kappa shape index (κ2) is 7.98. The molecule has 29 heavy (non-hydrogen) atoms. The van der Waals surface area contributed by atoms with Crippen LogP contribution < -0.4 is 16.2 Å². The molecular formula is C23H20N4O2. The molecule has 0 radical (unpaired) electrons. The normalized spacial score (nSPS) is 10.7. The lowest BCUT2D eigenvalue weighted by Crippen LogP contribution is -2.28. The zero-order valence-corrected chi connectivity index (χ0v) is 15.9. The number of anilines is 1. The molecular weight excluding hydrogens is 364 g/mol. The van der Waals surface area contributed by atoms with Gasteiger partial charge in [0, 0.05) is 25.2 Å². The molecule has 0 unspecified atom stereocenters. The maximum Gasteiger partial charge on any atom is 0.319 e. The lowest BCUT2D eigenvalue weighted by Gasteiger charge is -2.13. The third-order valence-corrected chi connectivity index (χ3v) is 4.73. The Morgan fingerprint density at radius 3 is 2.55 bits per heavy atom. The fourth-order valence-electron chi connectivity index (χ4n) is 3.25. The van der Waals surface area contributed by atoms with Crippen molar-refractivity contribution in [2.75, 3.05) is 5.32 Å². The van der Waals surface area contributed by atoms with Crippen LogP contribution in [0.15, 0.2) is 83.7 Å². The molecule has 0 bridgehead atoms. The molecule has 0 saturated heterocycles. The van der Waals surface area contributed by atoms with Crippen molar-refractivity contribution in [2.24, 2.45) is 7.05 Å². The minimum atomic E-state index is -0.310. The summed E-state index contributed by atoms with van der Waals surface area (Å²) in [5.74, 6) is 0. The van der Waals surface area contributed by atoms with E-state index in [1.165, 1.54) is 10.7 Å². The van der Waals surface area contributed by atoms with Crippen LogP contribution in [0.4, 0.5) is 10.5 Å². The minimum absolute atomic E-state index is 0.188. The van der Waals surface area contributed by atoms with E-state index in [-0.39, 0.29) is 11.6 Å². The molecule has 4 aromatic rings. The van der Waals surface area contributed by atoms with Gasteiger partial charge in [0.15, 0.2) is 0 Å². The lowest BCUT2D eigenvalue weighted by atomic mass is 10.0. The van der Waals surface area contributed by atoms with Gasteiger partial charge in [0.2, 0.25) is 0 Å². The number of fused-ring (bicyclic) bond motifs is 1. The fraction of sp³-hybridized carbons (Fsp3) is 0.0870. The number of para-hydroxylation sites is 1. The van der Waals surface area contributed by atoms with Gasteiger partial charge in [0.1, 0.15) is 0 Å². The molecule has 1 heterocycles. The summed E-state index contributed by atoms with van der Waals surface area (Å²) in [6.45, 7) is 0.410. The van der Waals surface area contributed by atoms with Crippen LogP contribution in [0.2, 0.25) is 0 Å². The van der Waals surface area contributed by atoms with Crippen molar-refractivity contribution in [2.45, 2.75) is 6.54 Å². The average molecular weight is 384 g/mol. The molecule has 0 aliphatic heterocycles. The molecule has 0 saturated carbocycles.